The van der Waals surface area contributed by atoms with Crippen LogP contribution >= 0.6 is 15.9 Å². The van der Waals surface area contributed by atoms with Crippen LogP contribution in [0.5, 0.6) is 5.75 Å². The van der Waals surface area contributed by atoms with Gasteiger partial charge in [0.15, 0.2) is 0 Å². The van der Waals surface area contributed by atoms with Gasteiger partial charge in [-0.3, -0.25) is 0 Å². The molecule has 0 aromatic heterocycles. The lowest BCUT2D eigenvalue weighted by Crippen LogP contribution is -1.91. The summed E-state index contributed by atoms with van der Waals surface area (Å²) in [5, 5.41) is 18.2. The predicted molar refractivity (Wildman–Crippen MR) is 54.6 cm³/mol. The normalized spacial score (nSPS) is 12.2. The largest absolute Gasteiger partial charge is 0.507 e. The van der Waals surface area contributed by atoms with Gasteiger partial charge in [-0.2, -0.15) is 5.26 Å². The molecule has 68 valence electrons. The minimum absolute atomic E-state index is 0.183. The highest BCUT2D eigenvalue weighted by Crippen LogP contribution is 2.31. The minimum Gasteiger partial charge on any atom is -0.507 e. The number of halogens is 1. The van der Waals surface area contributed by atoms with E-state index < -0.39 is 0 Å². The predicted octanol–water partition coefficient (Wildman–Crippen LogP) is 3.09. The van der Waals surface area contributed by atoms with E-state index in [4.69, 9.17) is 5.26 Å². The highest BCUT2D eigenvalue weighted by molar-refractivity contribution is 9.10. The summed E-state index contributed by atoms with van der Waals surface area (Å²) in [6.45, 7) is 3.69. The Hall–Kier alpha value is -1.01. The molecule has 3 heteroatoms. The monoisotopic (exact) mass is 239 g/mol. The van der Waals surface area contributed by atoms with Crippen molar-refractivity contribution >= 4 is 15.9 Å². The smallest absolute Gasteiger partial charge is 0.130 e. The Morgan fingerprint density at radius 1 is 1.54 bits per heavy atom. The lowest BCUT2D eigenvalue weighted by atomic mass is 10.0. The van der Waals surface area contributed by atoms with E-state index >= 15 is 0 Å². The van der Waals surface area contributed by atoms with Crippen LogP contribution in [0.1, 0.15) is 24.0 Å². The summed E-state index contributed by atoms with van der Waals surface area (Å²) in [7, 11) is 0. The maximum atomic E-state index is 9.47. The fraction of sp³-hybridized carbons (Fsp3) is 0.300. The van der Waals surface area contributed by atoms with Gasteiger partial charge in [-0.1, -0.05) is 6.07 Å². The van der Waals surface area contributed by atoms with Crippen LogP contribution in [0, 0.1) is 18.3 Å². The van der Waals surface area contributed by atoms with Crippen LogP contribution in [0.15, 0.2) is 16.6 Å². The summed E-state index contributed by atoms with van der Waals surface area (Å²) in [4.78, 5) is 0. The molecule has 1 aromatic carbocycles. The lowest BCUT2D eigenvalue weighted by Gasteiger charge is -2.07. The standard InChI is InChI=1S/C10H10BrNO/c1-6-3-8(7(2)5-12)4-9(13)10(6)11/h3-4,7,13H,1-2H3. The number of benzene rings is 1. The molecule has 1 unspecified atom stereocenters. The van der Waals surface area contributed by atoms with Gasteiger partial charge in [0.2, 0.25) is 0 Å². The third kappa shape index (κ3) is 2.02. The van der Waals surface area contributed by atoms with Gasteiger partial charge in [0.1, 0.15) is 5.75 Å². The van der Waals surface area contributed by atoms with Gasteiger partial charge in [0, 0.05) is 0 Å². The molecule has 0 aliphatic rings. The van der Waals surface area contributed by atoms with E-state index in [-0.39, 0.29) is 11.7 Å². The van der Waals surface area contributed by atoms with Crippen molar-refractivity contribution in [3.05, 3.63) is 27.7 Å². The second kappa shape index (κ2) is 3.80. The summed E-state index contributed by atoms with van der Waals surface area (Å²) in [5.41, 5.74) is 1.79. The molecule has 0 bridgehead atoms. The zero-order valence-electron chi connectivity index (χ0n) is 7.50. The highest BCUT2D eigenvalue weighted by Gasteiger charge is 2.09. The number of hydrogen-bond acceptors (Lipinski definition) is 2. The van der Waals surface area contributed by atoms with Gasteiger partial charge in [-0.05, 0) is 47.0 Å². The first-order valence-corrected chi connectivity index (χ1v) is 4.74. The first-order chi connectivity index (χ1) is 6.06. The first-order valence-electron chi connectivity index (χ1n) is 3.95. The summed E-state index contributed by atoms with van der Waals surface area (Å²) in [6, 6.07) is 5.65. The molecule has 0 fully saturated rings. The summed E-state index contributed by atoms with van der Waals surface area (Å²) in [5.74, 6) is 0.00907. The molecule has 13 heavy (non-hydrogen) atoms. The maximum absolute atomic E-state index is 9.47. The molecule has 0 spiro atoms. The van der Waals surface area contributed by atoms with Crippen LogP contribution in [-0.2, 0) is 0 Å². The fourth-order valence-corrected chi connectivity index (χ4v) is 1.33. The third-order valence-corrected chi connectivity index (χ3v) is 2.98. The Morgan fingerprint density at radius 2 is 2.15 bits per heavy atom. The van der Waals surface area contributed by atoms with Crippen molar-refractivity contribution in [1.82, 2.24) is 0 Å². The number of rotatable bonds is 1. The molecule has 0 aliphatic heterocycles. The molecule has 1 N–H and O–H groups in total. The molecule has 1 rings (SSSR count). The van der Waals surface area contributed by atoms with Crippen molar-refractivity contribution < 1.29 is 5.11 Å². The number of nitrogens with zero attached hydrogens (tertiary/aromatic N) is 1. The van der Waals surface area contributed by atoms with E-state index in [0.29, 0.717) is 4.47 Å². The van der Waals surface area contributed by atoms with Gasteiger partial charge in [0.05, 0.1) is 16.5 Å². The van der Waals surface area contributed by atoms with Gasteiger partial charge in [-0.25, -0.2) is 0 Å². The van der Waals surface area contributed by atoms with Gasteiger partial charge < -0.3 is 5.11 Å². The van der Waals surface area contributed by atoms with Crippen molar-refractivity contribution in [2.24, 2.45) is 0 Å². The number of nitriles is 1. The van der Waals surface area contributed by atoms with Crippen LogP contribution < -0.4 is 0 Å². The number of aromatic hydroxyl groups is 1. The van der Waals surface area contributed by atoms with E-state index in [0.717, 1.165) is 11.1 Å². The summed E-state index contributed by atoms with van der Waals surface area (Å²) in [6.07, 6.45) is 0. The second-order valence-electron chi connectivity index (χ2n) is 3.02. The molecule has 0 radical (unpaired) electrons. The average Bonchev–Trinajstić information content (AvgIpc) is 2.12. The van der Waals surface area contributed by atoms with Crippen LogP contribution in [0.4, 0.5) is 0 Å². The number of aryl methyl sites for hydroxylation is 1. The van der Waals surface area contributed by atoms with Crippen molar-refractivity contribution in [2.75, 3.05) is 0 Å². The van der Waals surface area contributed by atoms with Gasteiger partial charge in [-0.15, -0.1) is 0 Å². The third-order valence-electron chi connectivity index (χ3n) is 1.95. The molecule has 0 amide bonds. The molecule has 0 heterocycles. The Kier molecular flexibility index (Phi) is 2.94. The number of phenols is 1. The molecule has 1 atom stereocenters. The molecule has 0 aliphatic carbocycles. The minimum atomic E-state index is -0.183. The fourth-order valence-electron chi connectivity index (χ4n) is 1.10. The number of phenolic OH excluding ortho intramolecular Hbond substituents is 1. The molecule has 1 aromatic rings. The summed E-state index contributed by atoms with van der Waals surface area (Å²) >= 11 is 3.25. The molecule has 2 nitrogen and oxygen atoms in total. The Bertz CT molecular complexity index is 345. The zero-order valence-corrected chi connectivity index (χ0v) is 9.09. The van der Waals surface area contributed by atoms with E-state index in [1.54, 1.807) is 6.07 Å². The van der Waals surface area contributed by atoms with E-state index in [1.165, 1.54) is 0 Å². The highest BCUT2D eigenvalue weighted by atomic mass is 79.9. The van der Waals surface area contributed by atoms with Crippen molar-refractivity contribution in [1.29, 1.82) is 5.26 Å². The summed E-state index contributed by atoms with van der Waals surface area (Å²) < 4.78 is 0.696. The second-order valence-corrected chi connectivity index (χ2v) is 3.81. The molecular formula is C10H10BrNO. The van der Waals surface area contributed by atoms with E-state index in [9.17, 15) is 5.11 Å². The molecule has 0 saturated carbocycles. The SMILES string of the molecule is Cc1cc(C(C)C#N)cc(O)c1Br. The van der Waals surface area contributed by atoms with E-state index in [1.807, 2.05) is 19.9 Å². The van der Waals surface area contributed by atoms with Crippen LogP contribution in [0.2, 0.25) is 0 Å². The molecule has 0 saturated heterocycles. The van der Waals surface area contributed by atoms with Crippen LogP contribution in [0.3, 0.4) is 0 Å². The quantitative estimate of drug-likeness (QED) is 0.819. The van der Waals surface area contributed by atoms with E-state index in [2.05, 4.69) is 22.0 Å². The van der Waals surface area contributed by atoms with Crippen molar-refractivity contribution in [3.8, 4) is 11.8 Å². The molecular weight excluding hydrogens is 230 g/mol. The van der Waals surface area contributed by atoms with Crippen LogP contribution in [0.25, 0.3) is 0 Å². The van der Waals surface area contributed by atoms with Gasteiger partial charge >= 0.3 is 0 Å². The topological polar surface area (TPSA) is 44.0 Å². The first kappa shape index (κ1) is 10.1. The average molecular weight is 240 g/mol. The maximum Gasteiger partial charge on any atom is 0.130 e. The zero-order chi connectivity index (χ0) is 10.0. The van der Waals surface area contributed by atoms with Crippen molar-refractivity contribution in [3.63, 3.8) is 0 Å². The number of hydrogen-bond donors (Lipinski definition) is 1. The Morgan fingerprint density at radius 3 is 2.62 bits per heavy atom. The van der Waals surface area contributed by atoms with Crippen LogP contribution in [-0.4, -0.2) is 5.11 Å². The Labute approximate surface area is 85.9 Å². The lowest BCUT2D eigenvalue weighted by molar-refractivity contribution is 0.470. The van der Waals surface area contributed by atoms with Gasteiger partial charge in [0.25, 0.3) is 0 Å². The van der Waals surface area contributed by atoms with Crippen molar-refractivity contribution in [2.45, 2.75) is 19.8 Å². The Balaban J connectivity index is 3.22.